The fourth-order valence-electron chi connectivity index (χ4n) is 1.78. The highest BCUT2D eigenvalue weighted by molar-refractivity contribution is 7.99. The first-order chi connectivity index (χ1) is 8.69. The molecule has 1 fully saturated rings. The van der Waals surface area contributed by atoms with Crippen LogP contribution in [0.3, 0.4) is 0 Å². The molecule has 2 heterocycles. The predicted octanol–water partition coefficient (Wildman–Crippen LogP) is 0.415. The normalized spacial score (nSPS) is 23.0. The van der Waals surface area contributed by atoms with Crippen LogP contribution >= 0.6 is 11.8 Å². The number of thioether (sulfide) groups is 1. The largest absolute Gasteiger partial charge is 0.364 e. The van der Waals surface area contributed by atoms with E-state index in [0.717, 1.165) is 23.0 Å². The van der Waals surface area contributed by atoms with Crippen LogP contribution in [0.15, 0.2) is 17.4 Å². The number of nitrogens with two attached hydrogens (primary N) is 1. The van der Waals surface area contributed by atoms with E-state index < -0.39 is 6.10 Å². The number of amides is 1. The quantitative estimate of drug-likeness (QED) is 0.270. The third-order valence-corrected chi connectivity index (χ3v) is 3.71. The molecular weight excluding hydrogens is 252 g/mol. The number of ether oxygens (including phenoxy) is 1. The molecule has 3 N–H and O–H groups in total. The van der Waals surface area contributed by atoms with E-state index in [2.05, 4.69) is 15.4 Å². The molecule has 0 radical (unpaired) electrons. The van der Waals surface area contributed by atoms with E-state index in [4.69, 9.17) is 10.6 Å². The van der Waals surface area contributed by atoms with Crippen LogP contribution in [-0.2, 0) is 9.53 Å². The summed E-state index contributed by atoms with van der Waals surface area (Å²) in [5.41, 5.74) is 3.06. The maximum atomic E-state index is 11.3. The van der Waals surface area contributed by atoms with Crippen molar-refractivity contribution in [1.29, 1.82) is 0 Å². The fourth-order valence-corrected chi connectivity index (χ4v) is 2.70. The second kappa shape index (κ2) is 6.12. The van der Waals surface area contributed by atoms with Crippen molar-refractivity contribution in [1.82, 2.24) is 15.4 Å². The molecule has 1 aromatic rings. The van der Waals surface area contributed by atoms with Gasteiger partial charge in [0, 0.05) is 17.6 Å². The van der Waals surface area contributed by atoms with Gasteiger partial charge in [-0.25, -0.2) is 15.8 Å². The van der Waals surface area contributed by atoms with Gasteiger partial charge in [0.1, 0.15) is 6.10 Å². The average Bonchev–Trinajstić information content (AvgIpc) is 2.84. The van der Waals surface area contributed by atoms with Gasteiger partial charge in [0.05, 0.1) is 6.10 Å². The first-order valence-corrected chi connectivity index (χ1v) is 6.76. The molecule has 18 heavy (non-hydrogen) atoms. The molecule has 0 aromatic carbocycles. The number of carbonyl (C=O) groups is 1. The standard InChI is InChI=1S/C11H16N4O2S/c1-7-4-5-13-11(14-7)18-6-8-2-3-9(17-8)10(16)15-12/h4-5,8-9H,2-3,6,12H2,1H3,(H,15,16). The maximum absolute atomic E-state index is 11.3. The van der Waals surface area contributed by atoms with E-state index in [1.165, 1.54) is 0 Å². The number of aryl methyl sites for hydroxylation is 1. The third kappa shape index (κ3) is 3.41. The molecule has 0 saturated carbocycles. The van der Waals surface area contributed by atoms with Crippen LogP contribution < -0.4 is 11.3 Å². The van der Waals surface area contributed by atoms with Crippen molar-refractivity contribution in [3.05, 3.63) is 18.0 Å². The highest BCUT2D eigenvalue weighted by Gasteiger charge is 2.30. The lowest BCUT2D eigenvalue weighted by Gasteiger charge is -2.11. The van der Waals surface area contributed by atoms with Crippen molar-refractivity contribution in [2.45, 2.75) is 37.1 Å². The van der Waals surface area contributed by atoms with Gasteiger partial charge in [-0.1, -0.05) is 11.8 Å². The second-order valence-corrected chi connectivity index (χ2v) is 5.11. The molecule has 2 rings (SSSR count). The Labute approximate surface area is 110 Å². The SMILES string of the molecule is Cc1ccnc(SCC2CCC(C(=O)NN)O2)n1. The Morgan fingerprint density at radius 1 is 1.67 bits per heavy atom. The number of nitrogens with one attached hydrogen (secondary N) is 1. The van der Waals surface area contributed by atoms with E-state index >= 15 is 0 Å². The van der Waals surface area contributed by atoms with E-state index in [1.54, 1.807) is 18.0 Å². The van der Waals surface area contributed by atoms with Crippen LogP contribution in [-0.4, -0.2) is 33.8 Å². The number of aromatic nitrogens is 2. The van der Waals surface area contributed by atoms with Crippen molar-refractivity contribution in [3.8, 4) is 0 Å². The summed E-state index contributed by atoms with van der Waals surface area (Å²) >= 11 is 1.54. The molecule has 1 aliphatic rings. The zero-order valence-corrected chi connectivity index (χ0v) is 10.9. The Morgan fingerprint density at radius 2 is 2.50 bits per heavy atom. The summed E-state index contributed by atoms with van der Waals surface area (Å²) in [5.74, 6) is 5.57. The minimum atomic E-state index is -0.418. The Bertz CT molecular complexity index is 429. The van der Waals surface area contributed by atoms with Crippen molar-refractivity contribution >= 4 is 17.7 Å². The molecule has 7 heteroatoms. The molecular formula is C11H16N4O2S. The van der Waals surface area contributed by atoms with Crippen molar-refractivity contribution < 1.29 is 9.53 Å². The minimum Gasteiger partial charge on any atom is -0.364 e. The monoisotopic (exact) mass is 268 g/mol. The number of nitrogens with zero attached hydrogens (tertiary/aromatic N) is 2. The Balaban J connectivity index is 1.80. The van der Waals surface area contributed by atoms with Gasteiger partial charge >= 0.3 is 0 Å². The molecule has 2 unspecified atom stereocenters. The van der Waals surface area contributed by atoms with Crippen LogP contribution in [0.4, 0.5) is 0 Å². The van der Waals surface area contributed by atoms with Crippen LogP contribution in [0.1, 0.15) is 18.5 Å². The first kappa shape index (κ1) is 13.3. The van der Waals surface area contributed by atoms with E-state index in [1.807, 2.05) is 13.0 Å². The molecule has 1 saturated heterocycles. The first-order valence-electron chi connectivity index (χ1n) is 5.77. The molecule has 0 bridgehead atoms. The number of carbonyl (C=O) groups excluding carboxylic acids is 1. The summed E-state index contributed by atoms with van der Waals surface area (Å²) in [6.45, 7) is 1.93. The maximum Gasteiger partial charge on any atom is 0.263 e. The van der Waals surface area contributed by atoms with E-state index in [-0.39, 0.29) is 12.0 Å². The lowest BCUT2D eigenvalue weighted by atomic mass is 10.2. The van der Waals surface area contributed by atoms with Crippen LogP contribution in [0.2, 0.25) is 0 Å². The summed E-state index contributed by atoms with van der Waals surface area (Å²) in [4.78, 5) is 19.8. The zero-order chi connectivity index (χ0) is 13.0. The number of rotatable bonds is 4. The van der Waals surface area contributed by atoms with Gasteiger partial charge < -0.3 is 4.74 Å². The van der Waals surface area contributed by atoms with Gasteiger partial charge in [-0.15, -0.1) is 0 Å². The summed E-state index contributed by atoms with van der Waals surface area (Å²) in [6, 6.07) is 1.86. The lowest BCUT2D eigenvalue weighted by molar-refractivity contribution is -0.131. The van der Waals surface area contributed by atoms with Crippen LogP contribution in [0.25, 0.3) is 0 Å². The van der Waals surface area contributed by atoms with Gasteiger partial charge in [-0.2, -0.15) is 0 Å². The molecule has 1 amide bonds. The smallest absolute Gasteiger partial charge is 0.263 e. The third-order valence-electron chi connectivity index (χ3n) is 2.71. The van der Waals surface area contributed by atoms with Crippen LogP contribution in [0.5, 0.6) is 0 Å². The van der Waals surface area contributed by atoms with E-state index in [0.29, 0.717) is 6.42 Å². The van der Waals surface area contributed by atoms with Gasteiger partial charge in [0.2, 0.25) is 0 Å². The topological polar surface area (TPSA) is 90.1 Å². The van der Waals surface area contributed by atoms with Gasteiger partial charge in [-0.3, -0.25) is 10.2 Å². The Kier molecular flexibility index (Phi) is 4.51. The zero-order valence-electron chi connectivity index (χ0n) is 10.1. The van der Waals surface area contributed by atoms with Gasteiger partial charge in [0.15, 0.2) is 5.16 Å². The Hall–Kier alpha value is -1.18. The van der Waals surface area contributed by atoms with Gasteiger partial charge in [-0.05, 0) is 25.8 Å². The molecule has 1 aliphatic heterocycles. The summed E-state index contributed by atoms with van der Waals surface area (Å²) < 4.78 is 5.60. The molecule has 0 aliphatic carbocycles. The number of hydrogen-bond donors (Lipinski definition) is 2. The van der Waals surface area contributed by atoms with Gasteiger partial charge in [0.25, 0.3) is 5.91 Å². The van der Waals surface area contributed by atoms with E-state index in [9.17, 15) is 4.79 Å². The summed E-state index contributed by atoms with van der Waals surface area (Å²) in [5, 5.41) is 0.741. The summed E-state index contributed by atoms with van der Waals surface area (Å²) in [6.07, 6.45) is 2.95. The van der Waals surface area contributed by atoms with Crippen LogP contribution in [0, 0.1) is 6.92 Å². The van der Waals surface area contributed by atoms with Crippen molar-refractivity contribution in [2.24, 2.45) is 5.84 Å². The molecule has 2 atom stereocenters. The Morgan fingerprint density at radius 3 is 3.22 bits per heavy atom. The number of hydrazine groups is 1. The predicted molar refractivity (Wildman–Crippen MR) is 67.7 cm³/mol. The molecule has 98 valence electrons. The second-order valence-electron chi connectivity index (χ2n) is 4.12. The minimum absolute atomic E-state index is 0.0569. The average molecular weight is 268 g/mol. The molecule has 6 nitrogen and oxygen atoms in total. The summed E-state index contributed by atoms with van der Waals surface area (Å²) in [7, 11) is 0. The highest BCUT2D eigenvalue weighted by atomic mass is 32.2. The lowest BCUT2D eigenvalue weighted by Crippen LogP contribution is -2.39. The fraction of sp³-hybridized carbons (Fsp3) is 0.545. The van der Waals surface area contributed by atoms with Crippen molar-refractivity contribution in [3.63, 3.8) is 0 Å². The molecule has 1 aromatic heterocycles. The molecule has 0 spiro atoms. The number of hydrogen-bond acceptors (Lipinski definition) is 6. The van der Waals surface area contributed by atoms with Crippen molar-refractivity contribution in [2.75, 3.05) is 5.75 Å². The highest BCUT2D eigenvalue weighted by Crippen LogP contribution is 2.25.